The molecule has 0 bridgehead atoms. The number of para-hydroxylation sites is 1. The van der Waals surface area contributed by atoms with Crippen LogP contribution in [0.2, 0.25) is 0 Å². The van der Waals surface area contributed by atoms with Crippen LogP contribution in [0.25, 0.3) is 11.5 Å². The van der Waals surface area contributed by atoms with Gasteiger partial charge in [-0.2, -0.15) is 5.10 Å². The van der Waals surface area contributed by atoms with Crippen molar-refractivity contribution in [1.29, 1.82) is 0 Å². The molecule has 128 valence electrons. The predicted octanol–water partition coefficient (Wildman–Crippen LogP) is 3.02. The minimum Gasteiger partial charge on any atom is -0.490 e. The number of amides is 1. The van der Waals surface area contributed by atoms with Crippen LogP contribution in [0.3, 0.4) is 0 Å². The average molecular weight is 337 g/mol. The lowest BCUT2D eigenvalue weighted by atomic mass is 9.89. The zero-order valence-electron chi connectivity index (χ0n) is 13.9. The SMILES string of the molecule is Cn1cc(C(=O)NC2CC(Oc3ccccc3)C2)c(-c2ccco2)n1. The third kappa shape index (κ3) is 3.28. The van der Waals surface area contributed by atoms with Crippen LogP contribution >= 0.6 is 0 Å². The molecule has 3 aromatic rings. The quantitative estimate of drug-likeness (QED) is 0.777. The molecule has 0 radical (unpaired) electrons. The molecule has 1 aliphatic rings. The number of rotatable bonds is 5. The zero-order chi connectivity index (χ0) is 17.2. The number of nitrogens with one attached hydrogen (secondary N) is 1. The number of aromatic nitrogens is 2. The summed E-state index contributed by atoms with van der Waals surface area (Å²) in [6.45, 7) is 0. The maximum Gasteiger partial charge on any atom is 0.255 e. The minimum absolute atomic E-state index is 0.117. The van der Waals surface area contributed by atoms with E-state index in [-0.39, 0.29) is 18.1 Å². The third-order valence-electron chi connectivity index (χ3n) is 4.30. The molecule has 4 rings (SSSR count). The second-order valence-corrected chi connectivity index (χ2v) is 6.24. The maximum atomic E-state index is 12.6. The molecule has 1 aromatic carbocycles. The summed E-state index contributed by atoms with van der Waals surface area (Å²) in [5, 5.41) is 7.38. The molecule has 2 heterocycles. The summed E-state index contributed by atoms with van der Waals surface area (Å²) in [4.78, 5) is 12.6. The average Bonchev–Trinajstić information content (AvgIpc) is 3.22. The first-order valence-electron chi connectivity index (χ1n) is 8.29. The molecule has 1 aliphatic carbocycles. The van der Waals surface area contributed by atoms with Gasteiger partial charge in [-0.05, 0) is 24.3 Å². The van der Waals surface area contributed by atoms with Crippen molar-refractivity contribution in [3.63, 3.8) is 0 Å². The van der Waals surface area contributed by atoms with Crippen LogP contribution in [0.4, 0.5) is 0 Å². The van der Waals surface area contributed by atoms with E-state index in [0.717, 1.165) is 18.6 Å². The van der Waals surface area contributed by atoms with Gasteiger partial charge < -0.3 is 14.5 Å². The number of hydrogen-bond donors (Lipinski definition) is 1. The fraction of sp³-hybridized carbons (Fsp3) is 0.263. The molecule has 0 unspecified atom stereocenters. The smallest absolute Gasteiger partial charge is 0.255 e. The van der Waals surface area contributed by atoms with Gasteiger partial charge in [0.15, 0.2) is 5.76 Å². The number of aryl methyl sites for hydroxylation is 1. The van der Waals surface area contributed by atoms with Gasteiger partial charge in [0.25, 0.3) is 5.91 Å². The number of hydrogen-bond acceptors (Lipinski definition) is 4. The van der Waals surface area contributed by atoms with E-state index in [1.807, 2.05) is 30.3 Å². The van der Waals surface area contributed by atoms with Crippen molar-refractivity contribution in [2.75, 3.05) is 0 Å². The third-order valence-corrected chi connectivity index (χ3v) is 4.30. The largest absolute Gasteiger partial charge is 0.490 e. The number of carbonyl (C=O) groups excluding carboxylic acids is 1. The van der Waals surface area contributed by atoms with Crippen LogP contribution in [0, 0.1) is 0 Å². The molecule has 2 aromatic heterocycles. The Hall–Kier alpha value is -3.02. The Morgan fingerprint density at radius 2 is 2.04 bits per heavy atom. The lowest BCUT2D eigenvalue weighted by Gasteiger charge is -2.35. The summed E-state index contributed by atoms with van der Waals surface area (Å²) in [7, 11) is 1.79. The standard InChI is InChI=1S/C19H19N3O3/c1-22-12-16(18(21-22)17-8-5-9-24-17)19(23)20-13-10-15(11-13)25-14-6-3-2-4-7-14/h2-9,12-13,15H,10-11H2,1H3,(H,20,23). The Bertz CT molecular complexity index is 849. The molecular weight excluding hydrogens is 318 g/mol. The molecule has 6 heteroatoms. The number of nitrogens with zero attached hydrogens (tertiary/aromatic N) is 2. The minimum atomic E-state index is -0.136. The summed E-state index contributed by atoms with van der Waals surface area (Å²) in [6, 6.07) is 13.4. The Balaban J connectivity index is 1.36. The highest BCUT2D eigenvalue weighted by atomic mass is 16.5. The van der Waals surface area contributed by atoms with Crippen molar-refractivity contribution in [3.8, 4) is 17.2 Å². The highest BCUT2D eigenvalue weighted by Gasteiger charge is 2.33. The highest BCUT2D eigenvalue weighted by Crippen LogP contribution is 2.27. The lowest BCUT2D eigenvalue weighted by Crippen LogP contribution is -2.49. The van der Waals surface area contributed by atoms with Crippen LogP contribution in [-0.2, 0) is 7.05 Å². The van der Waals surface area contributed by atoms with Crippen molar-refractivity contribution in [1.82, 2.24) is 15.1 Å². The van der Waals surface area contributed by atoms with E-state index in [1.165, 1.54) is 0 Å². The van der Waals surface area contributed by atoms with Crippen molar-refractivity contribution in [2.24, 2.45) is 7.05 Å². The van der Waals surface area contributed by atoms with Crippen molar-refractivity contribution in [3.05, 3.63) is 60.5 Å². The Morgan fingerprint density at radius 3 is 2.76 bits per heavy atom. The van der Waals surface area contributed by atoms with Gasteiger partial charge in [-0.3, -0.25) is 9.48 Å². The second kappa shape index (κ2) is 6.47. The molecule has 0 aliphatic heterocycles. The van der Waals surface area contributed by atoms with Gasteiger partial charge in [-0.1, -0.05) is 18.2 Å². The van der Waals surface area contributed by atoms with Crippen molar-refractivity contribution < 1.29 is 13.9 Å². The number of ether oxygens (including phenoxy) is 1. The highest BCUT2D eigenvalue weighted by molar-refractivity contribution is 5.99. The molecule has 0 atom stereocenters. The van der Waals surface area contributed by atoms with E-state index in [0.29, 0.717) is 17.0 Å². The normalized spacial score (nSPS) is 19.2. The fourth-order valence-electron chi connectivity index (χ4n) is 2.98. The first-order chi connectivity index (χ1) is 12.2. The molecule has 6 nitrogen and oxygen atoms in total. The van der Waals surface area contributed by atoms with Gasteiger partial charge >= 0.3 is 0 Å². The Morgan fingerprint density at radius 1 is 1.24 bits per heavy atom. The molecule has 1 saturated carbocycles. The van der Waals surface area contributed by atoms with Gasteiger partial charge in [0.05, 0.1) is 11.8 Å². The Labute approximate surface area is 145 Å². The number of carbonyl (C=O) groups is 1. The van der Waals surface area contributed by atoms with Crippen molar-refractivity contribution in [2.45, 2.75) is 25.0 Å². The molecule has 0 spiro atoms. The zero-order valence-corrected chi connectivity index (χ0v) is 13.9. The van der Waals surface area contributed by atoms with Gasteiger partial charge in [0.1, 0.15) is 17.5 Å². The first-order valence-corrected chi connectivity index (χ1v) is 8.29. The van der Waals surface area contributed by atoms with Gasteiger partial charge in [-0.25, -0.2) is 0 Å². The van der Waals surface area contributed by atoms with Crippen LogP contribution in [0.1, 0.15) is 23.2 Å². The fourth-order valence-corrected chi connectivity index (χ4v) is 2.98. The summed E-state index contributed by atoms with van der Waals surface area (Å²) in [5.41, 5.74) is 1.08. The molecule has 1 fully saturated rings. The van der Waals surface area contributed by atoms with E-state index in [4.69, 9.17) is 9.15 Å². The van der Waals surface area contributed by atoms with Gasteiger partial charge in [0, 0.05) is 32.1 Å². The van der Waals surface area contributed by atoms with Crippen LogP contribution in [-0.4, -0.2) is 27.8 Å². The first kappa shape index (κ1) is 15.5. The van der Waals surface area contributed by atoms with E-state index < -0.39 is 0 Å². The molecule has 25 heavy (non-hydrogen) atoms. The van der Waals surface area contributed by atoms with E-state index in [1.54, 1.807) is 36.3 Å². The van der Waals surface area contributed by atoms with E-state index in [2.05, 4.69) is 10.4 Å². The molecule has 1 amide bonds. The number of furan rings is 1. The van der Waals surface area contributed by atoms with Crippen LogP contribution in [0.5, 0.6) is 5.75 Å². The van der Waals surface area contributed by atoms with Crippen LogP contribution in [0.15, 0.2) is 59.3 Å². The predicted molar refractivity (Wildman–Crippen MR) is 92.3 cm³/mol. The summed E-state index contributed by atoms with van der Waals surface area (Å²) < 4.78 is 12.9. The monoisotopic (exact) mass is 337 g/mol. The molecular formula is C19H19N3O3. The molecule has 1 N–H and O–H groups in total. The second-order valence-electron chi connectivity index (χ2n) is 6.24. The maximum absolute atomic E-state index is 12.6. The topological polar surface area (TPSA) is 69.3 Å². The molecule has 0 saturated heterocycles. The Kier molecular flexibility index (Phi) is 4.01. The summed E-state index contributed by atoms with van der Waals surface area (Å²) >= 11 is 0. The summed E-state index contributed by atoms with van der Waals surface area (Å²) in [5.74, 6) is 1.32. The van der Waals surface area contributed by atoms with E-state index in [9.17, 15) is 4.79 Å². The van der Waals surface area contributed by atoms with Crippen LogP contribution < -0.4 is 10.1 Å². The van der Waals surface area contributed by atoms with E-state index >= 15 is 0 Å². The van der Waals surface area contributed by atoms with Gasteiger partial charge in [0.2, 0.25) is 0 Å². The van der Waals surface area contributed by atoms with Gasteiger partial charge in [-0.15, -0.1) is 0 Å². The lowest BCUT2D eigenvalue weighted by molar-refractivity contribution is 0.0701. The number of benzene rings is 1. The summed E-state index contributed by atoms with van der Waals surface area (Å²) in [6.07, 6.45) is 5.03. The van der Waals surface area contributed by atoms with Crippen molar-refractivity contribution >= 4 is 5.91 Å².